The van der Waals surface area contributed by atoms with Crippen molar-refractivity contribution in [1.82, 2.24) is 0 Å². The van der Waals surface area contributed by atoms with Crippen molar-refractivity contribution in [3.8, 4) is 0 Å². The Kier molecular flexibility index (Phi) is 5.59. The Morgan fingerprint density at radius 1 is 1.04 bits per heavy atom. The standard InChI is InChI=1S/C19H22ClN3O/c20-17-5-1-2-6-18(17)22-19(24)11-12-21-15-7-9-16(10-8-15)23-13-3-4-14-23/h1-2,5-10,21H,3-4,11-14H2,(H,22,24). The molecular formula is C19H22ClN3O. The van der Waals surface area contributed by atoms with Crippen molar-refractivity contribution in [3.63, 3.8) is 0 Å². The number of nitrogens with zero attached hydrogens (tertiary/aromatic N) is 1. The fourth-order valence-electron chi connectivity index (χ4n) is 2.86. The van der Waals surface area contributed by atoms with Crippen molar-refractivity contribution < 1.29 is 4.79 Å². The average molecular weight is 344 g/mol. The second-order valence-corrected chi connectivity index (χ2v) is 6.35. The summed E-state index contributed by atoms with van der Waals surface area (Å²) >= 11 is 6.03. The highest BCUT2D eigenvalue weighted by Crippen LogP contribution is 2.22. The van der Waals surface area contributed by atoms with Gasteiger partial charge in [-0.05, 0) is 49.2 Å². The van der Waals surface area contributed by atoms with Crippen LogP contribution in [0.15, 0.2) is 48.5 Å². The monoisotopic (exact) mass is 343 g/mol. The van der Waals surface area contributed by atoms with Crippen molar-refractivity contribution in [3.05, 3.63) is 53.6 Å². The summed E-state index contributed by atoms with van der Waals surface area (Å²) in [5, 5.41) is 6.66. The summed E-state index contributed by atoms with van der Waals surface area (Å²) < 4.78 is 0. The third kappa shape index (κ3) is 4.42. The highest BCUT2D eigenvalue weighted by molar-refractivity contribution is 6.33. The van der Waals surface area contributed by atoms with Gasteiger partial charge in [-0.15, -0.1) is 0 Å². The van der Waals surface area contributed by atoms with Gasteiger partial charge in [0.1, 0.15) is 0 Å². The fourth-order valence-corrected chi connectivity index (χ4v) is 3.04. The molecule has 0 radical (unpaired) electrons. The summed E-state index contributed by atoms with van der Waals surface area (Å²) in [6.45, 7) is 2.88. The molecule has 24 heavy (non-hydrogen) atoms. The Balaban J connectivity index is 1.44. The highest BCUT2D eigenvalue weighted by Gasteiger charge is 2.11. The van der Waals surface area contributed by atoms with Gasteiger partial charge in [-0.3, -0.25) is 4.79 Å². The van der Waals surface area contributed by atoms with Crippen LogP contribution in [-0.2, 0) is 4.79 Å². The Labute approximate surface area is 147 Å². The summed E-state index contributed by atoms with van der Waals surface area (Å²) in [5.74, 6) is -0.0516. The summed E-state index contributed by atoms with van der Waals surface area (Å²) in [7, 11) is 0. The molecule has 1 aliphatic rings. The molecule has 4 nitrogen and oxygen atoms in total. The predicted molar refractivity (Wildman–Crippen MR) is 101 cm³/mol. The lowest BCUT2D eigenvalue weighted by atomic mass is 10.2. The molecule has 0 unspecified atom stereocenters. The number of benzene rings is 2. The van der Waals surface area contributed by atoms with Gasteiger partial charge in [0, 0.05) is 37.4 Å². The zero-order valence-corrected chi connectivity index (χ0v) is 14.4. The number of amides is 1. The lowest BCUT2D eigenvalue weighted by Gasteiger charge is -2.18. The molecular weight excluding hydrogens is 322 g/mol. The van der Waals surface area contributed by atoms with Gasteiger partial charge >= 0.3 is 0 Å². The van der Waals surface area contributed by atoms with E-state index in [-0.39, 0.29) is 5.91 Å². The molecule has 0 saturated carbocycles. The van der Waals surface area contributed by atoms with Crippen LogP contribution in [-0.4, -0.2) is 25.5 Å². The maximum atomic E-state index is 12.0. The molecule has 2 aromatic carbocycles. The lowest BCUT2D eigenvalue weighted by Crippen LogP contribution is -2.18. The average Bonchev–Trinajstić information content (AvgIpc) is 3.12. The van der Waals surface area contributed by atoms with Gasteiger partial charge in [-0.25, -0.2) is 0 Å². The molecule has 0 bridgehead atoms. The van der Waals surface area contributed by atoms with E-state index < -0.39 is 0 Å². The van der Waals surface area contributed by atoms with E-state index in [9.17, 15) is 4.79 Å². The summed E-state index contributed by atoms with van der Waals surface area (Å²) in [5.41, 5.74) is 2.96. The SMILES string of the molecule is O=C(CCNc1ccc(N2CCCC2)cc1)Nc1ccccc1Cl. The number of hydrogen-bond donors (Lipinski definition) is 2. The first-order chi connectivity index (χ1) is 11.7. The summed E-state index contributed by atoms with van der Waals surface area (Å²) in [4.78, 5) is 14.4. The molecule has 1 aliphatic heterocycles. The Bertz CT molecular complexity index is 681. The molecule has 2 N–H and O–H groups in total. The van der Waals surface area contributed by atoms with E-state index in [0.29, 0.717) is 23.7 Å². The Hall–Kier alpha value is -2.20. The zero-order chi connectivity index (χ0) is 16.8. The van der Waals surface area contributed by atoms with Crippen LogP contribution in [0.3, 0.4) is 0 Å². The maximum absolute atomic E-state index is 12.0. The quantitative estimate of drug-likeness (QED) is 0.818. The fraction of sp³-hybridized carbons (Fsp3) is 0.316. The van der Waals surface area contributed by atoms with E-state index in [1.807, 2.05) is 12.1 Å². The molecule has 1 saturated heterocycles. The minimum atomic E-state index is -0.0516. The molecule has 0 atom stereocenters. The topological polar surface area (TPSA) is 44.4 Å². The zero-order valence-electron chi connectivity index (χ0n) is 13.6. The van der Waals surface area contributed by atoms with Crippen LogP contribution in [0.4, 0.5) is 17.1 Å². The second-order valence-electron chi connectivity index (χ2n) is 5.95. The molecule has 126 valence electrons. The summed E-state index contributed by atoms with van der Waals surface area (Å²) in [6.07, 6.45) is 2.94. The number of rotatable bonds is 6. The number of nitrogens with one attached hydrogen (secondary N) is 2. The number of para-hydroxylation sites is 1. The molecule has 1 fully saturated rings. The highest BCUT2D eigenvalue weighted by atomic mass is 35.5. The van der Waals surface area contributed by atoms with Gasteiger partial charge < -0.3 is 15.5 Å². The molecule has 1 amide bonds. The van der Waals surface area contributed by atoms with Gasteiger partial charge in [0.05, 0.1) is 10.7 Å². The van der Waals surface area contributed by atoms with Crippen LogP contribution < -0.4 is 15.5 Å². The number of carbonyl (C=O) groups excluding carboxylic acids is 1. The van der Waals surface area contributed by atoms with E-state index >= 15 is 0 Å². The molecule has 5 heteroatoms. The minimum Gasteiger partial charge on any atom is -0.385 e. The van der Waals surface area contributed by atoms with Crippen LogP contribution in [0, 0.1) is 0 Å². The van der Waals surface area contributed by atoms with Gasteiger partial charge in [0.25, 0.3) is 0 Å². The van der Waals surface area contributed by atoms with Crippen molar-refractivity contribution in [2.24, 2.45) is 0 Å². The normalized spacial score (nSPS) is 13.8. The molecule has 2 aromatic rings. The third-order valence-corrected chi connectivity index (χ3v) is 4.50. The van der Waals surface area contributed by atoms with Gasteiger partial charge in [0.2, 0.25) is 5.91 Å². The predicted octanol–water partition coefficient (Wildman–Crippen LogP) is 4.38. The van der Waals surface area contributed by atoms with Crippen LogP contribution in [0.2, 0.25) is 5.02 Å². The van der Waals surface area contributed by atoms with Crippen molar-refractivity contribution in [1.29, 1.82) is 0 Å². The van der Waals surface area contributed by atoms with Crippen molar-refractivity contribution in [2.75, 3.05) is 35.2 Å². The van der Waals surface area contributed by atoms with Crippen LogP contribution >= 0.6 is 11.6 Å². The first kappa shape index (κ1) is 16.7. The third-order valence-electron chi connectivity index (χ3n) is 4.17. The van der Waals surface area contributed by atoms with Gasteiger partial charge in [-0.1, -0.05) is 23.7 Å². The van der Waals surface area contributed by atoms with Crippen molar-refractivity contribution >= 4 is 34.6 Å². The second kappa shape index (κ2) is 8.06. The molecule has 0 spiro atoms. The molecule has 0 aliphatic carbocycles. The molecule has 0 aromatic heterocycles. The number of anilines is 3. The van der Waals surface area contributed by atoms with Crippen LogP contribution in [0.25, 0.3) is 0 Å². The van der Waals surface area contributed by atoms with Crippen LogP contribution in [0.5, 0.6) is 0 Å². The maximum Gasteiger partial charge on any atom is 0.226 e. The molecule has 1 heterocycles. The van der Waals surface area contributed by atoms with E-state index in [1.54, 1.807) is 12.1 Å². The first-order valence-electron chi connectivity index (χ1n) is 8.35. The number of hydrogen-bond acceptors (Lipinski definition) is 3. The Morgan fingerprint density at radius 2 is 1.75 bits per heavy atom. The summed E-state index contributed by atoms with van der Waals surface area (Å²) in [6, 6.07) is 15.7. The first-order valence-corrected chi connectivity index (χ1v) is 8.73. The van der Waals surface area contributed by atoms with E-state index in [1.165, 1.54) is 18.5 Å². The Morgan fingerprint density at radius 3 is 2.46 bits per heavy atom. The van der Waals surface area contributed by atoms with E-state index in [2.05, 4.69) is 39.8 Å². The number of carbonyl (C=O) groups is 1. The van der Waals surface area contributed by atoms with Gasteiger partial charge in [0.15, 0.2) is 0 Å². The number of halogens is 1. The van der Waals surface area contributed by atoms with Crippen LogP contribution in [0.1, 0.15) is 19.3 Å². The minimum absolute atomic E-state index is 0.0516. The van der Waals surface area contributed by atoms with Crippen molar-refractivity contribution in [2.45, 2.75) is 19.3 Å². The lowest BCUT2D eigenvalue weighted by molar-refractivity contribution is -0.115. The smallest absolute Gasteiger partial charge is 0.226 e. The van der Waals surface area contributed by atoms with E-state index in [0.717, 1.165) is 18.8 Å². The van der Waals surface area contributed by atoms with E-state index in [4.69, 9.17) is 11.6 Å². The molecule has 3 rings (SSSR count). The van der Waals surface area contributed by atoms with Gasteiger partial charge in [-0.2, -0.15) is 0 Å². The largest absolute Gasteiger partial charge is 0.385 e.